The van der Waals surface area contributed by atoms with Crippen LogP contribution in [-0.2, 0) is 11.2 Å². The molecule has 3 nitrogen and oxygen atoms in total. The Kier molecular flexibility index (Phi) is 3.80. The summed E-state index contributed by atoms with van der Waals surface area (Å²) < 4.78 is 5.36. The average Bonchev–Trinajstić information content (AvgIpc) is 2.97. The Balaban J connectivity index is 1.78. The Labute approximate surface area is 117 Å². The summed E-state index contributed by atoms with van der Waals surface area (Å²) in [5.41, 5.74) is 1.21. The van der Waals surface area contributed by atoms with Crippen LogP contribution in [0.1, 0.15) is 11.8 Å². The van der Waals surface area contributed by atoms with Gasteiger partial charge >= 0.3 is 0 Å². The van der Waals surface area contributed by atoms with E-state index in [4.69, 9.17) is 4.74 Å². The number of aryl methyl sites for hydroxylation is 1. The van der Waals surface area contributed by atoms with Crippen molar-refractivity contribution in [2.24, 2.45) is 0 Å². The lowest BCUT2D eigenvalue weighted by molar-refractivity contribution is 0.122. The van der Waals surface area contributed by atoms with Gasteiger partial charge in [0, 0.05) is 34.6 Å². The Morgan fingerprint density at radius 1 is 1.21 bits per heavy atom. The lowest BCUT2D eigenvalue weighted by atomic mass is 10.2. The van der Waals surface area contributed by atoms with Crippen LogP contribution >= 0.6 is 11.3 Å². The van der Waals surface area contributed by atoms with Crippen LogP contribution in [0, 0.1) is 0 Å². The van der Waals surface area contributed by atoms with Gasteiger partial charge in [-0.15, -0.1) is 11.3 Å². The molecule has 0 aromatic carbocycles. The first kappa shape index (κ1) is 12.6. The fourth-order valence-electron chi connectivity index (χ4n) is 2.23. The first-order valence-corrected chi connectivity index (χ1v) is 7.56. The van der Waals surface area contributed by atoms with E-state index in [0.717, 1.165) is 38.5 Å². The SMILES string of the molecule is CCc1ccc(-c2ccc(N3CCOCC3)nc2)s1. The number of anilines is 1. The van der Waals surface area contributed by atoms with Crippen molar-refractivity contribution >= 4 is 17.2 Å². The summed E-state index contributed by atoms with van der Waals surface area (Å²) in [6, 6.07) is 8.68. The van der Waals surface area contributed by atoms with Gasteiger partial charge in [-0.2, -0.15) is 0 Å². The number of hydrogen-bond donors (Lipinski definition) is 0. The minimum atomic E-state index is 0.800. The highest BCUT2D eigenvalue weighted by atomic mass is 32.1. The largest absolute Gasteiger partial charge is 0.378 e. The number of rotatable bonds is 3. The molecule has 1 aliphatic heterocycles. The summed E-state index contributed by atoms with van der Waals surface area (Å²) in [4.78, 5) is 9.59. The highest BCUT2D eigenvalue weighted by molar-refractivity contribution is 7.15. The third-order valence-corrected chi connectivity index (χ3v) is 4.66. The molecule has 100 valence electrons. The molecule has 0 N–H and O–H groups in total. The number of morpholine rings is 1. The van der Waals surface area contributed by atoms with E-state index in [1.807, 2.05) is 17.5 Å². The highest BCUT2D eigenvalue weighted by Crippen LogP contribution is 2.28. The molecule has 2 aromatic heterocycles. The van der Waals surface area contributed by atoms with E-state index >= 15 is 0 Å². The maximum absolute atomic E-state index is 5.36. The van der Waals surface area contributed by atoms with Crippen LogP contribution < -0.4 is 4.90 Å². The minimum absolute atomic E-state index is 0.800. The van der Waals surface area contributed by atoms with Crippen LogP contribution in [-0.4, -0.2) is 31.3 Å². The van der Waals surface area contributed by atoms with Crippen LogP contribution in [0.3, 0.4) is 0 Å². The van der Waals surface area contributed by atoms with Crippen molar-refractivity contribution in [3.63, 3.8) is 0 Å². The second-order valence-electron chi connectivity index (χ2n) is 4.62. The van der Waals surface area contributed by atoms with Crippen LogP contribution in [0.2, 0.25) is 0 Å². The van der Waals surface area contributed by atoms with Crippen LogP contribution in [0.25, 0.3) is 10.4 Å². The van der Waals surface area contributed by atoms with E-state index in [9.17, 15) is 0 Å². The van der Waals surface area contributed by atoms with Crippen LogP contribution in [0.4, 0.5) is 5.82 Å². The van der Waals surface area contributed by atoms with Gasteiger partial charge in [0.05, 0.1) is 13.2 Å². The average molecular weight is 274 g/mol. The van der Waals surface area contributed by atoms with Gasteiger partial charge in [-0.3, -0.25) is 0 Å². The quantitative estimate of drug-likeness (QED) is 0.859. The van der Waals surface area contributed by atoms with Crippen molar-refractivity contribution in [1.82, 2.24) is 4.98 Å². The predicted octanol–water partition coefficient (Wildman–Crippen LogP) is 3.21. The van der Waals surface area contributed by atoms with Gasteiger partial charge in [0.2, 0.25) is 0 Å². The third-order valence-electron chi connectivity index (χ3n) is 3.38. The molecule has 0 atom stereocenters. The monoisotopic (exact) mass is 274 g/mol. The Bertz CT molecular complexity index is 529. The van der Waals surface area contributed by atoms with E-state index in [2.05, 4.69) is 41.1 Å². The molecule has 0 aliphatic carbocycles. The molecular formula is C15H18N2OS. The first-order valence-electron chi connectivity index (χ1n) is 6.74. The maximum Gasteiger partial charge on any atom is 0.128 e. The van der Waals surface area contributed by atoms with E-state index < -0.39 is 0 Å². The second-order valence-corrected chi connectivity index (χ2v) is 5.79. The van der Waals surface area contributed by atoms with Gasteiger partial charge in [-0.1, -0.05) is 6.92 Å². The van der Waals surface area contributed by atoms with Gasteiger partial charge in [0.15, 0.2) is 0 Å². The van der Waals surface area contributed by atoms with Gasteiger partial charge in [-0.25, -0.2) is 4.98 Å². The molecule has 1 aliphatic rings. The number of ether oxygens (including phenoxy) is 1. The van der Waals surface area contributed by atoms with Gasteiger partial charge < -0.3 is 9.64 Å². The van der Waals surface area contributed by atoms with E-state index in [0.29, 0.717) is 0 Å². The molecule has 0 amide bonds. The smallest absolute Gasteiger partial charge is 0.128 e. The van der Waals surface area contributed by atoms with Crippen molar-refractivity contribution in [3.05, 3.63) is 35.3 Å². The fraction of sp³-hybridized carbons (Fsp3) is 0.400. The molecule has 1 saturated heterocycles. The molecule has 3 rings (SSSR count). The molecule has 0 unspecified atom stereocenters. The standard InChI is InChI=1S/C15H18N2OS/c1-2-13-4-5-14(19-13)12-3-6-15(16-11-12)17-7-9-18-10-8-17/h3-6,11H,2,7-10H2,1H3. The van der Waals surface area contributed by atoms with E-state index in [-0.39, 0.29) is 0 Å². The second kappa shape index (κ2) is 5.72. The molecular weight excluding hydrogens is 256 g/mol. The van der Waals surface area contributed by atoms with Gasteiger partial charge in [0.1, 0.15) is 5.82 Å². The summed E-state index contributed by atoms with van der Waals surface area (Å²) in [7, 11) is 0. The Morgan fingerprint density at radius 3 is 2.68 bits per heavy atom. The van der Waals surface area contributed by atoms with Gasteiger partial charge in [0.25, 0.3) is 0 Å². The molecule has 0 bridgehead atoms. The van der Waals surface area contributed by atoms with Crippen molar-refractivity contribution in [2.45, 2.75) is 13.3 Å². The highest BCUT2D eigenvalue weighted by Gasteiger charge is 2.12. The normalized spacial score (nSPS) is 15.7. The summed E-state index contributed by atoms with van der Waals surface area (Å²) in [5.74, 6) is 1.05. The number of aromatic nitrogens is 1. The lowest BCUT2D eigenvalue weighted by Crippen LogP contribution is -2.36. The molecule has 3 heterocycles. The molecule has 0 saturated carbocycles. The summed E-state index contributed by atoms with van der Waals surface area (Å²) in [6.07, 6.45) is 3.08. The topological polar surface area (TPSA) is 25.4 Å². The van der Waals surface area contributed by atoms with E-state index in [1.54, 1.807) is 0 Å². The van der Waals surface area contributed by atoms with Crippen molar-refractivity contribution in [1.29, 1.82) is 0 Å². The van der Waals surface area contributed by atoms with E-state index in [1.165, 1.54) is 15.3 Å². The Morgan fingerprint density at radius 2 is 2.05 bits per heavy atom. The molecule has 0 spiro atoms. The molecule has 4 heteroatoms. The molecule has 1 fully saturated rings. The fourth-order valence-corrected chi connectivity index (χ4v) is 3.17. The predicted molar refractivity (Wildman–Crippen MR) is 80.0 cm³/mol. The van der Waals surface area contributed by atoms with Crippen molar-refractivity contribution in [3.8, 4) is 10.4 Å². The van der Waals surface area contributed by atoms with Crippen LogP contribution in [0.5, 0.6) is 0 Å². The van der Waals surface area contributed by atoms with Gasteiger partial charge in [-0.05, 0) is 30.7 Å². The number of thiophene rings is 1. The maximum atomic E-state index is 5.36. The zero-order chi connectivity index (χ0) is 13.1. The molecule has 2 aromatic rings. The van der Waals surface area contributed by atoms with Crippen molar-refractivity contribution < 1.29 is 4.74 Å². The first-order chi connectivity index (χ1) is 9.36. The van der Waals surface area contributed by atoms with Crippen molar-refractivity contribution in [2.75, 3.05) is 31.2 Å². The number of hydrogen-bond acceptors (Lipinski definition) is 4. The minimum Gasteiger partial charge on any atom is -0.378 e. The summed E-state index contributed by atoms with van der Waals surface area (Å²) in [6.45, 7) is 5.66. The Hall–Kier alpha value is -1.39. The number of pyridine rings is 1. The summed E-state index contributed by atoms with van der Waals surface area (Å²) >= 11 is 1.85. The molecule has 0 radical (unpaired) electrons. The van der Waals surface area contributed by atoms with Crippen LogP contribution in [0.15, 0.2) is 30.5 Å². The number of nitrogens with zero attached hydrogens (tertiary/aromatic N) is 2. The zero-order valence-corrected chi connectivity index (χ0v) is 11.9. The third kappa shape index (κ3) is 2.80. The summed E-state index contributed by atoms with van der Waals surface area (Å²) in [5, 5.41) is 0. The molecule has 19 heavy (non-hydrogen) atoms. The lowest BCUT2D eigenvalue weighted by Gasteiger charge is -2.27. The zero-order valence-electron chi connectivity index (χ0n) is 11.1.